The van der Waals surface area contributed by atoms with Crippen molar-refractivity contribution in [2.24, 2.45) is 12.8 Å². The summed E-state index contributed by atoms with van der Waals surface area (Å²) in [6.45, 7) is 1.84. The number of hydrogen-bond acceptors (Lipinski definition) is 8. The van der Waals surface area contributed by atoms with Crippen LogP contribution in [0.3, 0.4) is 0 Å². The predicted octanol–water partition coefficient (Wildman–Crippen LogP) is 1.97. The average Bonchev–Trinajstić information content (AvgIpc) is 3.47. The highest BCUT2D eigenvalue weighted by atomic mass is 32.1. The number of allylic oxidation sites excluding steroid dienone is 1. The van der Waals surface area contributed by atoms with Crippen molar-refractivity contribution in [3.8, 4) is 0 Å². The van der Waals surface area contributed by atoms with Crippen LogP contribution in [0.4, 0.5) is 0 Å². The van der Waals surface area contributed by atoms with Crippen molar-refractivity contribution in [3.63, 3.8) is 0 Å². The second kappa shape index (κ2) is 7.11. The monoisotopic (exact) mass is 448 g/mol. The Morgan fingerprint density at radius 2 is 2.19 bits per heavy atom. The lowest BCUT2D eigenvalue weighted by atomic mass is 10.0. The highest BCUT2D eigenvalue weighted by Gasteiger charge is 2.32. The predicted molar refractivity (Wildman–Crippen MR) is 124 cm³/mol. The van der Waals surface area contributed by atoms with E-state index in [4.69, 9.17) is 11.1 Å². The Balaban J connectivity index is 1.63. The molecule has 1 unspecified atom stereocenters. The van der Waals surface area contributed by atoms with Gasteiger partial charge in [-0.2, -0.15) is 10.2 Å². The molecule has 0 amide bonds. The van der Waals surface area contributed by atoms with Crippen molar-refractivity contribution in [2.45, 2.75) is 19.1 Å². The highest BCUT2D eigenvalue weighted by Crippen LogP contribution is 2.37. The van der Waals surface area contributed by atoms with Gasteiger partial charge in [-0.25, -0.2) is 9.67 Å². The number of H-pyrrole nitrogens is 1. The van der Waals surface area contributed by atoms with E-state index in [-0.39, 0.29) is 11.3 Å². The van der Waals surface area contributed by atoms with E-state index >= 15 is 0 Å². The van der Waals surface area contributed by atoms with E-state index < -0.39 is 5.60 Å². The van der Waals surface area contributed by atoms with Crippen LogP contribution in [0.2, 0.25) is 0 Å². The molecule has 4 aromatic heterocycles. The van der Waals surface area contributed by atoms with E-state index in [0.717, 1.165) is 27.4 Å². The maximum absolute atomic E-state index is 13.3. The summed E-state index contributed by atoms with van der Waals surface area (Å²) >= 11 is 1.25. The number of aryl methyl sites for hydroxylation is 1. The number of thiazole rings is 1. The van der Waals surface area contributed by atoms with Crippen LogP contribution in [0.15, 0.2) is 47.2 Å². The summed E-state index contributed by atoms with van der Waals surface area (Å²) in [4.78, 5) is 17.9. The van der Waals surface area contributed by atoms with Crippen LogP contribution in [-0.2, 0) is 19.2 Å². The zero-order chi connectivity index (χ0) is 22.6. The molecule has 162 valence electrons. The molecular weight excluding hydrogens is 428 g/mol. The molecule has 1 aromatic carbocycles. The summed E-state index contributed by atoms with van der Waals surface area (Å²) in [5, 5.41) is 31.4. The average molecular weight is 449 g/mol. The first kappa shape index (κ1) is 20.1. The van der Waals surface area contributed by atoms with Crippen molar-refractivity contribution >= 4 is 49.7 Å². The second-order valence-corrected chi connectivity index (χ2v) is 8.71. The quantitative estimate of drug-likeness (QED) is 0.302. The molecule has 5 N–H and O–H groups in total. The number of aliphatic hydroxyl groups is 1. The molecule has 5 rings (SSSR count). The molecule has 0 aliphatic heterocycles. The Bertz CT molecular complexity index is 1600. The van der Waals surface area contributed by atoms with E-state index in [9.17, 15) is 9.90 Å². The maximum atomic E-state index is 13.3. The van der Waals surface area contributed by atoms with Crippen molar-refractivity contribution in [1.82, 2.24) is 29.5 Å². The van der Waals surface area contributed by atoms with E-state index in [2.05, 4.69) is 20.3 Å². The zero-order valence-corrected chi connectivity index (χ0v) is 18.1. The molecule has 0 saturated carbocycles. The third-order valence-corrected chi connectivity index (χ3v) is 6.95. The SMILES string of the molecule is Cn1c2nc(C(C)(O)C(N)=CC=N)sc2c2cnn(Cc3cccc4[nH]ncc34)c(=O)c21. The molecule has 0 spiro atoms. The topological polar surface area (TPSA) is 151 Å². The Hall–Kier alpha value is -3.83. The second-order valence-electron chi connectivity index (χ2n) is 7.71. The number of fused-ring (bicyclic) bond motifs is 4. The van der Waals surface area contributed by atoms with Crippen molar-refractivity contribution in [1.29, 1.82) is 5.41 Å². The van der Waals surface area contributed by atoms with E-state index in [0.29, 0.717) is 28.1 Å². The molecule has 0 bridgehead atoms. The largest absolute Gasteiger partial charge is 0.399 e. The van der Waals surface area contributed by atoms with Crippen LogP contribution in [0.5, 0.6) is 0 Å². The number of nitrogens with two attached hydrogens (primary N) is 1. The van der Waals surface area contributed by atoms with Gasteiger partial charge in [-0.3, -0.25) is 9.89 Å². The molecule has 5 aromatic rings. The molecule has 0 aliphatic carbocycles. The lowest BCUT2D eigenvalue weighted by molar-refractivity contribution is 0.0958. The number of rotatable bonds is 5. The molecule has 0 radical (unpaired) electrons. The van der Waals surface area contributed by atoms with Gasteiger partial charge in [0.05, 0.1) is 29.2 Å². The number of hydrogen-bond donors (Lipinski definition) is 4. The van der Waals surface area contributed by atoms with Crippen LogP contribution >= 0.6 is 11.3 Å². The first-order valence-electron chi connectivity index (χ1n) is 9.78. The van der Waals surface area contributed by atoms with Gasteiger partial charge in [-0.15, -0.1) is 11.3 Å². The molecule has 4 heterocycles. The van der Waals surface area contributed by atoms with Crippen LogP contribution in [0.25, 0.3) is 32.2 Å². The molecular formula is C21H20N8O2S. The Labute approximate surface area is 185 Å². The number of aromatic amines is 1. The fourth-order valence-corrected chi connectivity index (χ4v) is 4.99. The summed E-state index contributed by atoms with van der Waals surface area (Å²) in [5.41, 5.74) is 7.18. The van der Waals surface area contributed by atoms with Gasteiger partial charge in [0.25, 0.3) is 5.56 Å². The summed E-state index contributed by atoms with van der Waals surface area (Å²) in [6, 6.07) is 5.79. The van der Waals surface area contributed by atoms with E-state index in [1.807, 2.05) is 18.2 Å². The minimum absolute atomic E-state index is 0.116. The van der Waals surface area contributed by atoms with Gasteiger partial charge in [-0.1, -0.05) is 12.1 Å². The third-order valence-electron chi connectivity index (χ3n) is 5.66. The fraction of sp³-hybridized carbons (Fsp3) is 0.190. The van der Waals surface area contributed by atoms with Crippen molar-refractivity contribution in [3.05, 3.63) is 63.3 Å². The number of aromatic nitrogens is 6. The van der Waals surface area contributed by atoms with Gasteiger partial charge < -0.3 is 20.8 Å². The van der Waals surface area contributed by atoms with Crippen LogP contribution in [0.1, 0.15) is 17.5 Å². The van der Waals surface area contributed by atoms with Crippen LogP contribution in [-0.4, -0.2) is 40.9 Å². The maximum Gasteiger partial charge on any atom is 0.291 e. The Kier molecular flexibility index (Phi) is 4.46. The number of nitrogens with one attached hydrogen (secondary N) is 2. The van der Waals surface area contributed by atoms with E-state index in [1.165, 1.54) is 29.0 Å². The normalized spacial score (nSPS) is 14.4. The number of benzene rings is 1. The molecule has 0 saturated heterocycles. The molecule has 0 aliphatic rings. The van der Waals surface area contributed by atoms with Gasteiger partial charge in [0.2, 0.25) is 0 Å². The summed E-state index contributed by atoms with van der Waals surface area (Å²) in [6.07, 6.45) is 5.73. The van der Waals surface area contributed by atoms with Gasteiger partial charge in [-0.05, 0) is 24.6 Å². The summed E-state index contributed by atoms with van der Waals surface area (Å²) in [5.74, 6) is 0. The van der Waals surface area contributed by atoms with E-state index in [1.54, 1.807) is 24.0 Å². The van der Waals surface area contributed by atoms with Gasteiger partial charge >= 0.3 is 0 Å². The lowest BCUT2D eigenvalue weighted by Crippen LogP contribution is -2.29. The zero-order valence-electron chi connectivity index (χ0n) is 17.3. The Morgan fingerprint density at radius 1 is 1.38 bits per heavy atom. The minimum atomic E-state index is -1.53. The van der Waals surface area contributed by atoms with Crippen molar-refractivity contribution in [2.75, 3.05) is 0 Å². The van der Waals surface area contributed by atoms with Crippen molar-refractivity contribution < 1.29 is 5.11 Å². The molecule has 10 nitrogen and oxygen atoms in total. The smallest absolute Gasteiger partial charge is 0.291 e. The standard InChI is InChI=1S/C21H20N8O2S/c1-21(31,15(23)6-7-22)20-26-18-17(32-20)13-9-25-29(19(30)16(13)28(18)2)10-11-4-3-5-14-12(11)8-24-27-14/h3-9,22,31H,10,23H2,1-2H3,(H,24,27). The molecule has 11 heteroatoms. The molecule has 0 fully saturated rings. The number of nitrogens with zero attached hydrogens (tertiary/aromatic N) is 5. The Morgan fingerprint density at radius 3 is 2.97 bits per heavy atom. The lowest BCUT2D eigenvalue weighted by Gasteiger charge is -2.20. The third kappa shape index (κ3) is 2.86. The van der Waals surface area contributed by atoms with Gasteiger partial charge in [0, 0.05) is 29.7 Å². The first-order valence-corrected chi connectivity index (χ1v) is 10.6. The van der Waals surface area contributed by atoms with Crippen LogP contribution in [0, 0.1) is 5.41 Å². The van der Waals surface area contributed by atoms with Crippen LogP contribution < -0.4 is 11.3 Å². The summed E-state index contributed by atoms with van der Waals surface area (Å²) in [7, 11) is 1.77. The summed E-state index contributed by atoms with van der Waals surface area (Å²) < 4.78 is 3.89. The van der Waals surface area contributed by atoms with Gasteiger partial charge in [0.1, 0.15) is 10.5 Å². The highest BCUT2D eigenvalue weighted by molar-refractivity contribution is 7.19. The minimum Gasteiger partial charge on any atom is -0.399 e. The molecule has 1 atom stereocenters. The fourth-order valence-electron chi connectivity index (χ4n) is 3.81. The van der Waals surface area contributed by atoms with Gasteiger partial charge in [0.15, 0.2) is 11.2 Å². The first-order chi connectivity index (χ1) is 15.3. The molecule has 32 heavy (non-hydrogen) atoms.